The molecule has 0 rings (SSSR count). The summed E-state index contributed by atoms with van der Waals surface area (Å²) in [6.07, 6.45) is -0.115. The lowest BCUT2D eigenvalue weighted by Crippen LogP contribution is -2.08. The van der Waals surface area contributed by atoms with Crippen LogP contribution < -0.4 is 0 Å². The van der Waals surface area contributed by atoms with Crippen LogP contribution in [0.1, 0.15) is 13.3 Å². The molecule has 0 heterocycles. The van der Waals surface area contributed by atoms with E-state index in [1.165, 1.54) is 0 Å². The quantitative estimate of drug-likeness (QED) is 0.741. The van der Waals surface area contributed by atoms with Crippen LogP contribution >= 0.6 is 23.0 Å². The van der Waals surface area contributed by atoms with Crippen molar-refractivity contribution in [3.05, 3.63) is 0 Å². The second-order valence-corrected chi connectivity index (χ2v) is 2.01. The Bertz CT molecular complexity index is 83.4. The van der Waals surface area contributed by atoms with E-state index < -0.39 is 5.97 Å². The second-order valence-electron chi connectivity index (χ2n) is 1.50. The SMILES string of the molecule is CC(CC(=O)O)OI. The van der Waals surface area contributed by atoms with Crippen molar-refractivity contribution in [3.8, 4) is 0 Å². The molecule has 0 spiro atoms. The minimum absolute atomic E-state index is 0.0724. The number of carboxylic acids is 1. The molecule has 0 amide bonds. The van der Waals surface area contributed by atoms with Crippen LogP contribution in [0.5, 0.6) is 0 Å². The zero-order valence-electron chi connectivity index (χ0n) is 4.43. The van der Waals surface area contributed by atoms with Gasteiger partial charge in [-0.05, 0) is 6.92 Å². The van der Waals surface area contributed by atoms with Gasteiger partial charge in [0.2, 0.25) is 0 Å². The van der Waals surface area contributed by atoms with Crippen LogP contribution in [-0.2, 0) is 7.86 Å². The van der Waals surface area contributed by atoms with E-state index in [-0.39, 0.29) is 12.5 Å². The number of hydrogen-bond acceptors (Lipinski definition) is 2. The Kier molecular flexibility index (Phi) is 4.16. The number of carbonyl (C=O) groups is 1. The molecule has 8 heavy (non-hydrogen) atoms. The third kappa shape index (κ3) is 4.32. The van der Waals surface area contributed by atoms with Crippen LogP contribution in [0.15, 0.2) is 0 Å². The minimum Gasteiger partial charge on any atom is -0.481 e. The van der Waals surface area contributed by atoms with Crippen molar-refractivity contribution in [1.82, 2.24) is 0 Å². The first-order chi connectivity index (χ1) is 3.66. The summed E-state index contributed by atoms with van der Waals surface area (Å²) < 4.78 is 4.65. The molecule has 0 aromatic carbocycles. The fraction of sp³-hybridized carbons (Fsp3) is 0.750. The van der Waals surface area contributed by atoms with Crippen molar-refractivity contribution in [2.75, 3.05) is 0 Å². The van der Waals surface area contributed by atoms with E-state index in [0.29, 0.717) is 0 Å². The molecule has 0 aliphatic carbocycles. The molecule has 3 nitrogen and oxygen atoms in total. The van der Waals surface area contributed by atoms with Crippen molar-refractivity contribution < 1.29 is 13.0 Å². The fourth-order valence-electron chi connectivity index (χ4n) is 0.277. The average Bonchev–Trinajstić information content (AvgIpc) is 1.65. The van der Waals surface area contributed by atoms with Crippen molar-refractivity contribution in [2.45, 2.75) is 19.4 Å². The predicted octanol–water partition coefficient (Wildman–Crippen LogP) is 1.22. The fourth-order valence-corrected chi connectivity index (χ4v) is 0.457. The van der Waals surface area contributed by atoms with E-state index in [4.69, 9.17) is 5.11 Å². The maximum absolute atomic E-state index is 9.89. The number of halogens is 1. The molecule has 0 radical (unpaired) electrons. The third-order valence-electron chi connectivity index (χ3n) is 0.614. The van der Waals surface area contributed by atoms with Gasteiger partial charge in [-0.1, -0.05) is 0 Å². The lowest BCUT2D eigenvalue weighted by atomic mass is 10.3. The molecule has 0 aromatic heterocycles. The van der Waals surface area contributed by atoms with E-state index in [1.807, 2.05) is 0 Å². The largest absolute Gasteiger partial charge is 0.481 e. The summed E-state index contributed by atoms with van der Waals surface area (Å²) in [6, 6.07) is 0. The molecule has 0 aliphatic heterocycles. The normalized spacial score (nSPS) is 13.2. The van der Waals surface area contributed by atoms with Crippen LogP contribution in [0.2, 0.25) is 0 Å². The van der Waals surface area contributed by atoms with Gasteiger partial charge in [0.1, 0.15) is 23.0 Å². The van der Waals surface area contributed by atoms with Gasteiger partial charge >= 0.3 is 5.97 Å². The molecule has 4 heteroatoms. The number of rotatable bonds is 3. The van der Waals surface area contributed by atoms with Gasteiger partial charge in [0.05, 0.1) is 12.5 Å². The number of hydrogen-bond donors (Lipinski definition) is 1. The lowest BCUT2D eigenvalue weighted by molar-refractivity contribution is -0.138. The van der Waals surface area contributed by atoms with Crippen LogP contribution in [0.4, 0.5) is 0 Å². The Balaban J connectivity index is 3.24. The van der Waals surface area contributed by atoms with Crippen LogP contribution in [0.25, 0.3) is 0 Å². The summed E-state index contributed by atoms with van der Waals surface area (Å²) in [4.78, 5) is 9.89. The molecule has 0 saturated carbocycles. The summed E-state index contributed by atoms with van der Waals surface area (Å²) >= 11 is 1.68. The van der Waals surface area contributed by atoms with E-state index in [2.05, 4.69) is 3.07 Å². The Hall–Kier alpha value is 0.160. The highest BCUT2D eigenvalue weighted by Gasteiger charge is 2.04. The van der Waals surface area contributed by atoms with Crippen molar-refractivity contribution in [1.29, 1.82) is 0 Å². The van der Waals surface area contributed by atoms with E-state index >= 15 is 0 Å². The summed E-state index contributed by atoms with van der Waals surface area (Å²) in [7, 11) is 0. The van der Waals surface area contributed by atoms with Gasteiger partial charge in [0, 0.05) is 0 Å². The molecular weight excluding hydrogens is 223 g/mol. The monoisotopic (exact) mass is 230 g/mol. The van der Waals surface area contributed by atoms with E-state index in [0.717, 1.165) is 0 Å². The highest BCUT2D eigenvalue weighted by molar-refractivity contribution is 14.1. The standard InChI is InChI=1S/C4H7IO3/c1-3(8-5)2-4(6)7/h3H,2H2,1H3,(H,6,7). The molecule has 0 saturated heterocycles. The Morgan fingerprint density at radius 3 is 2.62 bits per heavy atom. The van der Waals surface area contributed by atoms with Crippen molar-refractivity contribution in [3.63, 3.8) is 0 Å². The van der Waals surface area contributed by atoms with E-state index in [1.54, 1.807) is 29.9 Å². The van der Waals surface area contributed by atoms with Crippen LogP contribution in [-0.4, -0.2) is 17.2 Å². The predicted molar refractivity (Wildman–Crippen MR) is 36.8 cm³/mol. The number of aliphatic carboxylic acids is 1. The molecular formula is C4H7IO3. The van der Waals surface area contributed by atoms with Crippen LogP contribution in [0.3, 0.4) is 0 Å². The minimum atomic E-state index is -0.825. The number of carboxylic acid groups (broad SMARTS) is 1. The first-order valence-corrected chi connectivity index (χ1v) is 3.04. The first kappa shape index (κ1) is 8.16. The maximum atomic E-state index is 9.89. The summed E-state index contributed by atoms with van der Waals surface area (Å²) in [5.74, 6) is -0.825. The van der Waals surface area contributed by atoms with Gasteiger partial charge in [-0.25, -0.2) is 0 Å². The molecule has 0 aromatic rings. The Morgan fingerprint density at radius 1 is 2.00 bits per heavy atom. The van der Waals surface area contributed by atoms with Crippen molar-refractivity contribution >= 4 is 29.0 Å². The summed E-state index contributed by atoms with van der Waals surface area (Å²) in [5.41, 5.74) is 0. The first-order valence-electron chi connectivity index (χ1n) is 2.16. The lowest BCUT2D eigenvalue weighted by Gasteiger charge is -2.00. The average molecular weight is 230 g/mol. The molecule has 0 aliphatic rings. The van der Waals surface area contributed by atoms with Gasteiger partial charge in [0.15, 0.2) is 0 Å². The summed E-state index contributed by atoms with van der Waals surface area (Å²) in [5, 5.41) is 8.13. The molecule has 0 bridgehead atoms. The Morgan fingerprint density at radius 2 is 2.50 bits per heavy atom. The zero-order chi connectivity index (χ0) is 6.57. The second kappa shape index (κ2) is 4.08. The van der Waals surface area contributed by atoms with Gasteiger partial charge in [0.25, 0.3) is 0 Å². The van der Waals surface area contributed by atoms with Gasteiger partial charge in [-0.3, -0.25) is 4.79 Å². The van der Waals surface area contributed by atoms with Crippen LogP contribution in [0, 0.1) is 0 Å². The third-order valence-corrected chi connectivity index (χ3v) is 1.48. The molecule has 1 atom stereocenters. The summed E-state index contributed by atoms with van der Waals surface area (Å²) in [6.45, 7) is 1.71. The van der Waals surface area contributed by atoms with Gasteiger partial charge < -0.3 is 8.17 Å². The molecule has 1 N–H and O–H groups in total. The topological polar surface area (TPSA) is 46.5 Å². The zero-order valence-corrected chi connectivity index (χ0v) is 6.58. The highest BCUT2D eigenvalue weighted by Crippen LogP contribution is 2.00. The van der Waals surface area contributed by atoms with Crippen molar-refractivity contribution in [2.24, 2.45) is 0 Å². The van der Waals surface area contributed by atoms with E-state index in [9.17, 15) is 4.79 Å². The molecule has 1 unspecified atom stereocenters. The van der Waals surface area contributed by atoms with Gasteiger partial charge in [-0.2, -0.15) is 0 Å². The molecule has 0 fully saturated rings. The highest BCUT2D eigenvalue weighted by atomic mass is 127. The molecule has 48 valence electrons. The smallest absolute Gasteiger partial charge is 0.306 e. The Labute approximate surface area is 61.7 Å². The van der Waals surface area contributed by atoms with Gasteiger partial charge in [-0.15, -0.1) is 0 Å². The maximum Gasteiger partial charge on any atom is 0.306 e.